The summed E-state index contributed by atoms with van der Waals surface area (Å²) < 4.78 is 0.789. The minimum Gasteiger partial charge on any atom is -0.356 e. The van der Waals surface area contributed by atoms with E-state index >= 15 is 0 Å². The highest BCUT2D eigenvalue weighted by Crippen LogP contribution is 2.26. The largest absolute Gasteiger partial charge is 0.356 e. The van der Waals surface area contributed by atoms with E-state index in [9.17, 15) is 9.59 Å². The molecule has 1 saturated heterocycles. The van der Waals surface area contributed by atoms with Crippen LogP contribution in [0.4, 0.5) is 5.13 Å². The van der Waals surface area contributed by atoms with Crippen molar-refractivity contribution in [2.75, 3.05) is 17.6 Å². The number of nitrogens with one attached hydrogen (secondary N) is 2. The minimum atomic E-state index is -0.276. The molecule has 2 heterocycles. The summed E-state index contributed by atoms with van der Waals surface area (Å²) in [6, 6.07) is 0. The van der Waals surface area contributed by atoms with Gasteiger partial charge in [0.15, 0.2) is 4.34 Å². The van der Waals surface area contributed by atoms with Gasteiger partial charge in [0.1, 0.15) is 0 Å². The van der Waals surface area contributed by atoms with Crippen LogP contribution in [0.25, 0.3) is 0 Å². The maximum atomic E-state index is 12.0. The molecule has 102 valence electrons. The Hall–Kier alpha value is -1.41. The third kappa shape index (κ3) is 4.03. The van der Waals surface area contributed by atoms with Gasteiger partial charge in [-0.2, -0.15) is 0 Å². The van der Waals surface area contributed by atoms with E-state index in [1.807, 2.05) is 0 Å². The topological polar surface area (TPSA) is 84.0 Å². The van der Waals surface area contributed by atoms with Gasteiger partial charge >= 0.3 is 0 Å². The fraction of sp³-hybridized carbons (Fsp3) is 0.455. The first-order chi connectivity index (χ1) is 9.19. The van der Waals surface area contributed by atoms with Gasteiger partial charge in [-0.05, 0) is 6.42 Å². The van der Waals surface area contributed by atoms with Gasteiger partial charge in [0, 0.05) is 24.6 Å². The molecule has 0 spiro atoms. The lowest BCUT2D eigenvalue weighted by Gasteiger charge is -2.20. The summed E-state index contributed by atoms with van der Waals surface area (Å²) in [5.41, 5.74) is 0. The molecule has 0 saturated carbocycles. The van der Waals surface area contributed by atoms with Gasteiger partial charge in [-0.25, -0.2) is 0 Å². The van der Waals surface area contributed by atoms with Crippen LogP contribution in [0.1, 0.15) is 12.8 Å². The number of amides is 2. The van der Waals surface area contributed by atoms with Gasteiger partial charge in [0.05, 0.1) is 0 Å². The Morgan fingerprint density at radius 2 is 2.47 bits per heavy atom. The van der Waals surface area contributed by atoms with Crippen molar-refractivity contribution in [3.8, 4) is 0 Å². The van der Waals surface area contributed by atoms with Crippen molar-refractivity contribution in [3.63, 3.8) is 0 Å². The van der Waals surface area contributed by atoms with E-state index in [0.717, 1.165) is 10.1 Å². The van der Waals surface area contributed by atoms with E-state index in [0.29, 0.717) is 18.1 Å². The van der Waals surface area contributed by atoms with Crippen molar-refractivity contribution in [1.29, 1.82) is 0 Å². The Morgan fingerprint density at radius 3 is 3.21 bits per heavy atom. The molecule has 19 heavy (non-hydrogen) atoms. The van der Waals surface area contributed by atoms with Crippen molar-refractivity contribution < 1.29 is 9.59 Å². The molecule has 1 aromatic heterocycles. The summed E-state index contributed by atoms with van der Waals surface area (Å²) in [5.74, 6) is 0.241. The lowest BCUT2D eigenvalue weighted by atomic mass is 9.97. The predicted molar refractivity (Wildman–Crippen MR) is 75.2 cm³/mol. The van der Waals surface area contributed by atoms with Crippen LogP contribution < -0.4 is 10.6 Å². The molecule has 1 unspecified atom stereocenters. The molecule has 2 N–H and O–H groups in total. The third-order valence-electron chi connectivity index (χ3n) is 2.58. The fourth-order valence-corrected chi connectivity index (χ4v) is 3.18. The zero-order valence-electron chi connectivity index (χ0n) is 10.2. The van der Waals surface area contributed by atoms with Crippen LogP contribution in [-0.2, 0) is 9.59 Å². The number of piperidine rings is 1. The lowest BCUT2D eigenvalue weighted by molar-refractivity contribution is -0.129. The SMILES string of the molecule is C=CCSc1nnc(NC(=O)C2CCNC(=O)C2)s1. The molecule has 2 rings (SSSR count). The van der Waals surface area contributed by atoms with Crippen LogP contribution in [0.5, 0.6) is 0 Å². The Labute approximate surface area is 119 Å². The van der Waals surface area contributed by atoms with Crippen LogP contribution in [0.3, 0.4) is 0 Å². The van der Waals surface area contributed by atoms with E-state index in [2.05, 4.69) is 27.4 Å². The quantitative estimate of drug-likeness (QED) is 0.486. The highest BCUT2D eigenvalue weighted by Gasteiger charge is 2.26. The number of hydrogen-bond acceptors (Lipinski definition) is 6. The normalized spacial score (nSPS) is 18.7. The van der Waals surface area contributed by atoms with Gasteiger partial charge in [-0.1, -0.05) is 29.2 Å². The molecule has 6 nitrogen and oxygen atoms in total. The third-order valence-corrected chi connectivity index (χ3v) is 4.55. The van der Waals surface area contributed by atoms with E-state index in [1.165, 1.54) is 23.1 Å². The summed E-state index contributed by atoms with van der Waals surface area (Å²) >= 11 is 2.84. The van der Waals surface area contributed by atoms with Crippen molar-refractivity contribution >= 4 is 40.0 Å². The second kappa shape index (κ2) is 6.67. The maximum absolute atomic E-state index is 12.0. The van der Waals surface area contributed by atoms with Crippen molar-refractivity contribution in [3.05, 3.63) is 12.7 Å². The first-order valence-electron chi connectivity index (χ1n) is 5.84. The second-order valence-corrected chi connectivity index (χ2v) is 6.25. The Morgan fingerprint density at radius 1 is 1.63 bits per heavy atom. The first kappa shape index (κ1) is 14.0. The lowest BCUT2D eigenvalue weighted by Crippen LogP contribution is -2.38. The van der Waals surface area contributed by atoms with E-state index in [4.69, 9.17) is 0 Å². The van der Waals surface area contributed by atoms with Crippen LogP contribution in [0, 0.1) is 5.92 Å². The molecule has 1 aliphatic rings. The fourth-order valence-electron chi connectivity index (χ4n) is 1.66. The maximum Gasteiger partial charge on any atom is 0.229 e. The Bertz CT molecular complexity index is 489. The smallest absolute Gasteiger partial charge is 0.229 e. The van der Waals surface area contributed by atoms with Crippen LogP contribution in [0.15, 0.2) is 17.0 Å². The Balaban J connectivity index is 1.89. The zero-order valence-corrected chi connectivity index (χ0v) is 11.9. The van der Waals surface area contributed by atoms with Crippen LogP contribution >= 0.6 is 23.1 Å². The van der Waals surface area contributed by atoms with Gasteiger partial charge in [0.25, 0.3) is 0 Å². The standard InChI is InChI=1S/C11H14N4O2S2/c1-2-5-18-11-15-14-10(19-11)13-9(17)7-3-4-12-8(16)6-7/h2,7H,1,3-6H2,(H,12,16)(H,13,14,17). The summed E-state index contributed by atoms with van der Waals surface area (Å²) in [6.07, 6.45) is 2.68. The van der Waals surface area contributed by atoms with E-state index in [1.54, 1.807) is 6.08 Å². The number of anilines is 1. The predicted octanol–water partition coefficient (Wildman–Crippen LogP) is 1.28. The summed E-state index contributed by atoms with van der Waals surface area (Å²) in [7, 11) is 0. The van der Waals surface area contributed by atoms with Crippen LogP contribution in [0.2, 0.25) is 0 Å². The summed E-state index contributed by atoms with van der Waals surface area (Å²) in [6.45, 7) is 4.18. The molecule has 1 fully saturated rings. The highest BCUT2D eigenvalue weighted by atomic mass is 32.2. The summed E-state index contributed by atoms with van der Waals surface area (Å²) in [5, 5.41) is 13.8. The van der Waals surface area contributed by atoms with E-state index < -0.39 is 0 Å². The number of carbonyl (C=O) groups excluding carboxylic acids is 2. The zero-order chi connectivity index (χ0) is 13.7. The van der Waals surface area contributed by atoms with Crippen molar-refractivity contribution in [2.24, 2.45) is 5.92 Å². The van der Waals surface area contributed by atoms with Crippen molar-refractivity contribution in [2.45, 2.75) is 17.2 Å². The molecule has 8 heteroatoms. The number of nitrogens with zero attached hydrogens (tertiary/aromatic N) is 2. The number of hydrogen-bond donors (Lipinski definition) is 2. The number of thioether (sulfide) groups is 1. The molecule has 2 amide bonds. The molecule has 0 bridgehead atoms. The molecule has 0 aromatic carbocycles. The van der Waals surface area contributed by atoms with Gasteiger partial charge in [-0.15, -0.1) is 16.8 Å². The average molecular weight is 298 g/mol. The molecule has 1 atom stereocenters. The molecular formula is C11H14N4O2S2. The highest BCUT2D eigenvalue weighted by molar-refractivity contribution is 8.01. The van der Waals surface area contributed by atoms with Gasteiger partial charge in [-0.3, -0.25) is 9.59 Å². The monoisotopic (exact) mass is 298 g/mol. The average Bonchev–Trinajstić information content (AvgIpc) is 2.84. The Kier molecular flexibility index (Phi) is 4.92. The summed E-state index contributed by atoms with van der Waals surface area (Å²) in [4.78, 5) is 23.2. The van der Waals surface area contributed by atoms with Gasteiger partial charge in [0.2, 0.25) is 16.9 Å². The number of rotatable bonds is 5. The van der Waals surface area contributed by atoms with Gasteiger partial charge < -0.3 is 10.6 Å². The van der Waals surface area contributed by atoms with E-state index in [-0.39, 0.29) is 24.2 Å². The molecule has 1 aliphatic heterocycles. The van der Waals surface area contributed by atoms with Crippen molar-refractivity contribution in [1.82, 2.24) is 15.5 Å². The molecular weight excluding hydrogens is 284 g/mol. The number of aromatic nitrogens is 2. The molecule has 0 radical (unpaired) electrons. The molecule has 0 aliphatic carbocycles. The number of carbonyl (C=O) groups is 2. The first-order valence-corrected chi connectivity index (χ1v) is 7.64. The van der Waals surface area contributed by atoms with Crippen LogP contribution in [-0.4, -0.2) is 34.3 Å². The minimum absolute atomic E-state index is 0.0779. The second-order valence-electron chi connectivity index (χ2n) is 4.00. The molecule has 1 aromatic rings.